The summed E-state index contributed by atoms with van der Waals surface area (Å²) < 4.78 is 45.8. The Morgan fingerprint density at radius 1 is 1.19 bits per heavy atom. The lowest BCUT2D eigenvalue weighted by Crippen LogP contribution is -2.37. The maximum absolute atomic E-state index is 13.4. The summed E-state index contributed by atoms with van der Waals surface area (Å²) in [4.78, 5) is 6.91. The number of hydrogen-bond acceptors (Lipinski definition) is 6. The second kappa shape index (κ2) is 7.58. The van der Waals surface area contributed by atoms with E-state index in [1.807, 2.05) is 19.9 Å². The molecule has 1 N–H and O–H groups in total. The number of rotatable bonds is 4. The Bertz CT molecular complexity index is 1180. The standard InChI is InChI=1S/C23H24F3N5O/c1-12-17(5-4-6-20(12)23(24,25)26)13(2)28-22-18-8-21(27-9-19(18)14(3)29-30-22)31-10-16-7-15(31)11-32-16/h4-6,8-9,13,15-16H,7,10-11H2,1-3H3,(H,28,30)/t13-,15-,16-/m1/s1. The van der Waals surface area contributed by atoms with E-state index in [-0.39, 0.29) is 11.7 Å². The van der Waals surface area contributed by atoms with Crippen LogP contribution in [0.5, 0.6) is 0 Å². The van der Waals surface area contributed by atoms with Crippen LogP contribution in [0.25, 0.3) is 10.8 Å². The number of benzene rings is 1. The van der Waals surface area contributed by atoms with Gasteiger partial charge in [-0.2, -0.15) is 18.3 Å². The SMILES string of the molecule is Cc1c([C@@H](C)Nc2nnc(C)c3cnc(N4C[C@H]5C[C@@H]4CO5)cc23)cccc1C(F)(F)F. The minimum Gasteiger partial charge on any atom is -0.374 e. The zero-order valence-electron chi connectivity index (χ0n) is 18.1. The van der Waals surface area contributed by atoms with E-state index in [2.05, 4.69) is 25.4 Å². The number of alkyl halides is 3. The van der Waals surface area contributed by atoms with Crippen molar-refractivity contribution in [1.29, 1.82) is 0 Å². The summed E-state index contributed by atoms with van der Waals surface area (Å²) >= 11 is 0. The smallest absolute Gasteiger partial charge is 0.374 e. The van der Waals surface area contributed by atoms with Crippen molar-refractivity contribution < 1.29 is 17.9 Å². The average Bonchev–Trinajstić information content (AvgIpc) is 3.38. The zero-order chi connectivity index (χ0) is 22.6. The summed E-state index contributed by atoms with van der Waals surface area (Å²) in [5.74, 6) is 1.38. The number of ether oxygens (including phenoxy) is 1. The number of hydrogen-bond donors (Lipinski definition) is 1. The van der Waals surface area contributed by atoms with Gasteiger partial charge in [-0.3, -0.25) is 0 Å². The van der Waals surface area contributed by atoms with Crippen LogP contribution in [0.2, 0.25) is 0 Å². The molecule has 0 unspecified atom stereocenters. The van der Waals surface area contributed by atoms with Crippen LogP contribution in [0.15, 0.2) is 30.5 Å². The molecule has 0 radical (unpaired) electrons. The lowest BCUT2D eigenvalue weighted by molar-refractivity contribution is -0.138. The number of aryl methyl sites for hydroxylation is 1. The van der Waals surface area contributed by atoms with E-state index < -0.39 is 17.8 Å². The van der Waals surface area contributed by atoms with Crippen molar-refractivity contribution in [3.05, 3.63) is 52.8 Å². The number of anilines is 2. The number of pyridine rings is 1. The third-order valence-electron chi connectivity index (χ3n) is 6.53. The van der Waals surface area contributed by atoms with Crippen molar-refractivity contribution in [3.63, 3.8) is 0 Å². The van der Waals surface area contributed by atoms with Crippen LogP contribution in [-0.2, 0) is 10.9 Å². The predicted molar refractivity (Wildman–Crippen MR) is 116 cm³/mol. The van der Waals surface area contributed by atoms with Crippen molar-refractivity contribution in [2.24, 2.45) is 0 Å². The third-order valence-corrected chi connectivity index (χ3v) is 6.53. The molecular formula is C23H24F3N5O. The summed E-state index contributed by atoms with van der Waals surface area (Å²) in [6, 6.07) is 6.17. The minimum absolute atomic E-state index is 0.208. The van der Waals surface area contributed by atoms with Gasteiger partial charge in [0.25, 0.3) is 0 Å². The summed E-state index contributed by atoms with van der Waals surface area (Å²) in [6.07, 6.45) is -1.34. The minimum atomic E-state index is -4.39. The van der Waals surface area contributed by atoms with Crippen LogP contribution >= 0.6 is 0 Å². The molecule has 0 saturated carbocycles. The average molecular weight is 443 g/mol. The van der Waals surface area contributed by atoms with Crippen LogP contribution in [0, 0.1) is 13.8 Å². The number of nitrogens with one attached hydrogen (secondary N) is 1. The number of morpholine rings is 1. The molecule has 3 atom stereocenters. The van der Waals surface area contributed by atoms with Gasteiger partial charge in [0.2, 0.25) is 0 Å². The number of halogens is 3. The Hall–Kier alpha value is -2.94. The molecule has 2 fully saturated rings. The van der Waals surface area contributed by atoms with Crippen LogP contribution in [0.4, 0.5) is 24.8 Å². The summed E-state index contributed by atoms with van der Waals surface area (Å²) in [7, 11) is 0. The fourth-order valence-corrected chi connectivity index (χ4v) is 4.82. The van der Waals surface area contributed by atoms with Gasteiger partial charge in [0.1, 0.15) is 5.82 Å². The first-order valence-electron chi connectivity index (χ1n) is 10.7. The number of aromatic nitrogens is 3. The van der Waals surface area contributed by atoms with Crippen molar-refractivity contribution in [2.45, 2.75) is 51.6 Å². The molecule has 1 aromatic carbocycles. The predicted octanol–water partition coefficient (Wildman–Crippen LogP) is 4.81. The van der Waals surface area contributed by atoms with Crippen molar-refractivity contribution >= 4 is 22.4 Å². The Labute approximate surface area is 183 Å². The molecule has 0 aliphatic carbocycles. The molecule has 2 aromatic heterocycles. The first-order chi connectivity index (χ1) is 15.2. The van der Waals surface area contributed by atoms with E-state index in [0.717, 1.165) is 41.3 Å². The molecule has 32 heavy (non-hydrogen) atoms. The first kappa shape index (κ1) is 20.9. The van der Waals surface area contributed by atoms with Gasteiger partial charge in [-0.1, -0.05) is 12.1 Å². The molecule has 0 amide bonds. The van der Waals surface area contributed by atoms with Gasteiger partial charge >= 0.3 is 6.18 Å². The topological polar surface area (TPSA) is 63.2 Å². The highest BCUT2D eigenvalue weighted by atomic mass is 19.4. The second-order valence-electron chi connectivity index (χ2n) is 8.60. The Morgan fingerprint density at radius 2 is 2.00 bits per heavy atom. The summed E-state index contributed by atoms with van der Waals surface area (Å²) in [5, 5.41) is 13.6. The van der Waals surface area contributed by atoms with Gasteiger partial charge in [0.05, 0.1) is 36.1 Å². The molecule has 2 bridgehead atoms. The van der Waals surface area contributed by atoms with Gasteiger partial charge in [-0.25, -0.2) is 4.98 Å². The Morgan fingerprint density at radius 3 is 2.69 bits per heavy atom. The molecule has 0 spiro atoms. The molecule has 4 heterocycles. The molecule has 3 aromatic rings. The van der Waals surface area contributed by atoms with Gasteiger partial charge in [-0.05, 0) is 50.5 Å². The lowest BCUT2D eigenvalue weighted by Gasteiger charge is -2.28. The van der Waals surface area contributed by atoms with Crippen LogP contribution < -0.4 is 10.2 Å². The zero-order valence-corrected chi connectivity index (χ0v) is 18.1. The second-order valence-corrected chi connectivity index (χ2v) is 8.60. The van der Waals surface area contributed by atoms with Gasteiger partial charge in [0.15, 0.2) is 5.82 Å². The Balaban J connectivity index is 1.50. The van der Waals surface area contributed by atoms with Gasteiger partial charge in [0, 0.05) is 23.5 Å². The third kappa shape index (κ3) is 3.54. The molecular weight excluding hydrogens is 419 g/mol. The fraction of sp³-hybridized carbons (Fsp3) is 0.435. The molecule has 2 saturated heterocycles. The molecule has 6 nitrogen and oxygen atoms in total. The maximum atomic E-state index is 13.4. The van der Waals surface area contributed by atoms with Crippen LogP contribution in [-0.4, -0.2) is 40.5 Å². The van der Waals surface area contributed by atoms with E-state index >= 15 is 0 Å². The highest BCUT2D eigenvalue weighted by molar-refractivity contribution is 5.94. The van der Waals surface area contributed by atoms with Crippen LogP contribution in [0.3, 0.4) is 0 Å². The van der Waals surface area contributed by atoms with Gasteiger partial charge in [-0.15, -0.1) is 5.10 Å². The van der Waals surface area contributed by atoms with E-state index in [0.29, 0.717) is 24.0 Å². The number of fused-ring (bicyclic) bond motifs is 3. The van der Waals surface area contributed by atoms with E-state index in [1.165, 1.54) is 13.0 Å². The fourth-order valence-electron chi connectivity index (χ4n) is 4.82. The van der Waals surface area contributed by atoms with Gasteiger partial charge < -0.3 is 15.0 Å². The highest BCUT2D eigenvalue weighted by Crippen LogP contribution is 2.37. The maximum Gasteiger partial charge on any atom is 0.416 e. The monoisotopic (exact) mass is 443 g/mol. The molecule has 5 rings (SSSR count). The Kier molecular flexibility index (Phi) is 4.96. The van der Waals surface area contributed by atoms with E-state index in [1.54, 1.807) is 12.3 Å². The molecule has 2 aliphatic rings. The quantitative estimate of drug-likeness (QED) is 0.624. The molecule has 2 aliphatic heterocycles. The largest absolute Gasteiger partial charge is 0.416 e. The molecule has 9 heteroatoms. The summed E-state index contributed by atoms with van der Waals surface area (Å²) in [6.45, 7) is 6.71. The van der Waals surface area contributed by atoms with Crippen molar-refractivity contribution in [3.8, 4) is 0 Å². The van der Waals surface area contributed by atoms with Crippen LogP contribution in [0.1, 0.15) is 41.8 Å². The van der Waals surface area contributed by atoms with Crippen molar-refractivity contribution in [2.75, 3.05) is 23.4 Å². The highest BCUT2D eigenvalue weighted by Gasteiger charge is 2.39. The number of nitrogens with zero attached hydrogens (tertiary/aromatic N) is 4. The lowest BCUT2D eigenvalue weighted by atomic mass is 9.97. The van der Waals surface area contributed by atoms with E-state index in [4.69, 9.17) is 4.74 Å². The van der Waals surface area contributed by atoms with E-state index in [9.17, 15) is 13.2 Å². The molecule has 168 valence electrons. The summed E-state index contributed by atoms with van der Waals surface area (Å²) in [5.41, 5.74) is 0.901. The normalized spacial score (nSPS) is 21.4. The van der Waals surface area contributed by atoms with Crippen molar-refractivity contribution in [1.82, 2.24) is 15.2 Å². The first-order valence-corrected chi connectivity index (χ1v) is 10.7.